The molecule has 0 aliphatic heterocycles. The zero-order valence-corrected chi connectivity index (χ0v) is 14.6. The fraction of sp³-hybridized carbons (Fsp3) is 0.556. The van der Waals surface area contributed by atoms with Crippen molar-refractivity contribution in [3.63, 3.8) is 0 Å². The van der Waals surface area contributed by atoms with Crippen LogP contribution in [0.15, 0.2) is 24.3 Å². The molecule has 0 unspecified atom stereocenters. The van der Waals surface area contributed by atoms with Gasteiger partial charge >= 0.3 is 5.97 Å². The molecule has 128 valence electrons. The second-order valence-electron chi connectivity index (χ2n) is 6.49. The van der Waals surface area contributed by atoms with Crippen LogP contribution in [-0.2, 0) is 19.7 Å². The molecule has 0 heterocycles. The van der Waals surface area contributed by atoms with Gasteiger partial charge in [0.1, 0.15) is 5.75 Å². The highest BCUT2D eigenvalue weighted by atomic mass is 16.6. The molecule has 0 bridgehead atoms. The van der Waals surface area contributed by atoms with Gasteiger partial charge in [0.15, 0.2) is 12.7 Å². The third-order valence-corrected chi connectivity index (χ3v) is 3.28. The maximum atomic E-state index is 11.8. The van der Waals surface area contributed by atoms with E-state index >= 15 is 0 Å². The van der Waals surface area contributed by atoms with Crippen LogP contribution in [0.25, 0.3) is 0 Å². The molecule has 5 nitrogen and oxygen atoms in total. The number of esters is 1. The summed E-state index contributed by atoms with van der Waals surface area (Å²) in [6, 6.07) is 7.62. The van der Waals surface area contributed by atoms with Crippen molar-refractivity contribution in [1.29, 1.82) is 0 Å². The molecule has 1 atom stereocenters. The maximum Gasteiger partial charge on any atom is 0.347 e. The molecule has 1 N–H and O–H groups in total. The summed E-state index contributed by atoms with van der Waals surface area (Å²) in [5.41, 5.74) is 1.25. The Bertz CT molecular complexity index is 517. The van der Waals surface area contributed by atoms with Crippen molar-refractivity contribution in [1.82, 2.24) is 5.32 Å². The van der Waals surface area contributed by atoms with Crippen LogP contribution in [0.3, 0.4) is 0 Å². The van der Waals surface area contributed by atoms with Gasteiger partial charge in [-0.15, -0.1) is 0 Å². The minimum atomic E-state index is -0.769. The minimum Gasteiger partial charge on any atom is -0.479 e. The molecular formula is C18H27NO4. The molecule has 0 spiro atoms. The molecule has 1 rings (SSSR count). The Labute approximate surface area is 138 Å². The molecule has 1 aromatic rings. The highest BCUT2D eigenvalue weighted by Crippen LogP contribution is 2.24. The van der Waals surface area contributed by atoms with Crippen molar-refractivity contribution < 1.29 is 19.1 Å². The summed E-state index contributed by atoms with van der Waals surface area (Å²) in [7, 11) is 0. The second-order valence-corrected chi connectivity index (χ2v) is 6.49. The quantitative estimate of drug-likeness (QED) is 0.784. The van der Waals surface area contributed by atoms with Crippen molar-refractivity contribution >= 4 is 11.9 Å². The first-order chi connectivity index (χ1) is 10.7. The zero-order chi connectivity index (χ0) is 17.5. The minimum absolute atomic E-state index is 0.0644. The monoisotopic (exact) mass is 321 g/mol. The number of carbonyl (C=O) groups excluding carboxylic acids is 2. The van der Waals surface area contributed by atoms with Crippen LogP contribution in [0.4, 0.5) is 0 Å². The van der Waals surface area contributed by atoms with Crippen molar-refractivity contribution in [3.05, 3.63) is 29.8 Å². The summed E-state index contributed by atoms with van der Waals surface area (Å²) >= 11 is 0. The smallest absolute Gasteiger partial charge is 0.347 e. The predicted molar refractivity (Wildman–Crippen MR) is 89.5 cm³/mol. The molecule has 0 radical (unpaired) electrons. The Balaban J connectivity index is 2.47. The molecule has 1 aromatic carbocycles. The molecule has 0 saturated carbocycles. The van der Waals surface area contributed by atoms with Crippen molar-refractivity contribution in [2.75, 3.05) is 13.2 Å². The van der Waals surface area contributed by atoms with Gasteiger partial charge in [-0.1, -0.05) is 39.8 Å². The van der Waals surface area contributed by atoms with Gasteiger partial charge in [-0.05, 0) is 36.5 Å². The van der Waals surface area contributed by atoms with Crippen LogP contribution in [-0.4, -0.2) is 31.1 Å². The second kappa shape index (κ2) is 8.56. The Morgan fingerprint density at radius 3 is 2.30 bits per heavy atom. The lowest BCUT2D eigenvalue weighted by atomic mass is 9.87. The molecule has 0 fully saturated rings. The van der Waals surface area contributed by atoms with E-state index in [2.05, 4.69) is 26.1 Å². The molecule has 0 aromatic heterocycles. The maximum absolute atomic E-state index is 11.8. The van der Waals surface area contributed by atoms with Gasteiger partial charge in [-0.25, -0.2) is 4.79 Å². The van der Waals surface area contributed by atoms with Gasteiger partial charge in [-0.2, -0.15) is 0 Å². The summed E-state index contributed by atoms with van der Waals surface area (Å²) in [4.78, 5) is 23.2. The normalized spacial score (nSPS) is 12.4. The van der Waals surface area contributed by atoms with Crippen LogP contribution >= 0.6 is 0 Å². The number of hydrogen-bond acceptors (Lipinski definition) is 4. The standard InChI is InChI=1S/C18H27NO4/c1-6-11-19-16(20)12-22-17(21)13(2)23-15-9-7-14(8-10-15)18(3,4)5/h7-10,13H,6,11-12H2,1-5H3,(H,19,20)/t13-/m1/s1. The van der Waals surface area contributed by atoms with Crippen molar-refractivity contribution in [3.8, 4) is 5.75 Å². The number of nitrogens with one attached hydrogen (secondary N) is 1. The van der Waals surface area contributed by atoms with Crippen LogP contribution < -0.4 is 10.1 Å². The summed E-state index contributed by atoms with van der Waals surface area (Å²) in [5.74, 6) is -0.267. The Hall–Kier alpha value is -2.04. The number of rotatable bonds is 7. The number of ether oxygens (including phenoxy) is 2. The van der Waals surface area contributed by atoms with Gasteiger partial charge in [-0.3, -0.25) is 4.79 Å². The van der Waals surface area contributed by atoms with E-state index in [0.717, 1.165) is 6.42 Å². The molecule has 0 aliphatic carbocycles. The number of amides is 1. The summed E-state index contributed by atoms with van der Waals surface area (Å²) in [6.07, 6.45) is 0.0680. The van der Waals surface area contributed by atoms with E-state index in [4.69, 9.17) is 9.47 Å². The fourth-order valence-electron chi connectivity index (χ4n) is 1.86. The Morgan fingerprint density at radius 1 is 1.17 bits per heavy atom. The Kier molecular flexibility index (Phi) is 7.07. The SMILES string of the molecule is CCCNC(=O)COC(=O)[C@@H](C)Oc1ccc(C(C)(C)C)cc1. The molecule has 23 heavy (non-hydrogen) atoms. The average molecular weight is 321 g/mol. The third kappa shape index (κ3) is 6.72. The highest BCUT2D eigenvalue weighted by Gasteiger charge is 2.18. The van der Waals surface area contributed by atoms with E-state index in [1.807, 2.05) is 31.2 Å². The topological polar surface area (TPSA) is 64.6 Å². The van der Waals surface area contributed by atoms with E-state index < -0.39 is 12.1 Å². The molecule has 5 heteroatoms. The average Bonchev–Trinajstić information content (AvgIpc) is 2.50. The number of hydrogen-bond donors (Lipinski definition) is 1. The van der Waals surface area contributed by atoms with Crippen LogP contribution in [0.2, 0.25) is 0 Å². The fourth-order valence-corrected chi connectivity index (χ4v) is 1.86. The van der Waals surface area contributed by atoms with Gasteiger partial charge in [0.25, 0.3) is 5.91 Å². The lowest BCUT2D eigenvalue weighted by Crippen LogP contribution is -2.33. The van der Waals surface area contributed by atoms with E-state index in [1.54, 1.807) is 6.92 Å². The van der Waals surface area contributed by atoms with Gasteiger partial charge < -0.3 is 14.8 Å². The van der Waals surface area contributed by atoms with Crippen LogP contribution in [0.5, 0.6) is 5.75 Å². The lowest BCUT2D eigenvalue weighted by molar-refractivity contribution is -0.154. The first-order valence-electron chi connectivity index (χ1n) is 7.94. The van der Waals surface area contributed by atoms with Crippen LogP contribution in [0, 0.1) is 0 Å². The molecule has 1 amide bonds. The molecule has 0 aliphatic rings. The van der Waals surface area contributed by atoms with E-state index in [9.17, 15) is 9.59 Å². The van der Waals surface area contributed by atoms with Crippen molar-refractivity contribution in [2.45, 2.75) is 52.6 Å². The first-order valence-corrected chi connectivity index (χ1v) is 7.94. The van der Waals surface area contributed by atoms with Crippen molar-refractivity contribution in [2.24, 2.45) is 0 Å². The number of benzene rings is 1. The van der Waals surface area contributed by atoms with Crippen LogP contribution in [0.1, 0.15) is 46.6 Å². The largest absolute Gasteiger partial charge is 0.479 e. The summed E-state index contributed by atoms with van der Waals surface area (Å²) in [6.45, 7) is 10.2. The molecule has 0 saturated heterocycles. The van der Waals surface area contributed by atoms with Gasteiger partial charge in [0, 0.05) is 6.54 Å². The highest BCUT2D eigenvalue weighted by molar-refractivity contribution is 5.81. The molecular weight excluding hydrogens is 294 g/mol. The van der Waals surface area contributed by atoms with Gasteiger partial charge in [0.05, 0.1) is 0 Å². The third-order valence-electron chi connectivity index (χ3n) is 3.28. The predicted octanol–water partition coefficient (Wildman–Crippen LogP) is 2.82. The number of carbonyl (C=O) groups is 2. The van der Waals surface area contributed by atoms with E-state index in [0.29, 0.717) is 12.3 Å². The van der Waals surface area contributed by atoms with E-state index in [1.165, 1.54) is 5.56 Å². The summed E-state index contributed by atoms with van der Waals surface area (Å²) in [5, 5.41) is 2.64. The zero-order valence-electron chi connectivity index (χ0n) is 14.6. The summed E-state index contributed by atoms with van der Waals surface area (Å²) < 4.78 is 10.5. The lowest BCUT2D eigenvalue weighted by Gasteiger charge is -2.20. The van der Waals surface area contributed by atoms with Gasteiger partial charge in [0.2, 0.25) is 0 Å². The first kappa shape index (κ1) is 19.0. The van der Waals surface area contributed by atoms with E-state index in [-0.39, 0.29) is 17.9 Å². The Morgan fingerprint density at radius 2 is 1.78 bits per heavy atom.